The van der Waals surface area contributed by atoms with Crippen LogP contribution in [0.5, 0.6) is 0 Å². The zero-order valence-electron chi connectivity index (χ0n) is 12.2. The first kappa shape index (κ1) is 15.8. The van der Waals surface area contributed by atoms with E-state index in [0.29, 0.717) is 12.1 Å². The Morgan fingerprint density at radius 1 is 1.32 bits per heavy atom. The standard InChI is InChI=1S/C15H18N2O5/c1-10-9-12(14(19)21-10)22-13(18)7-8-16-15(20)17-11-5-3-2-4-6-11/h2-6,10,12H,7-9H2,1H3,(H2,16,17,20)/t10-,12-/m0/s1. The first-order chi connectivity index (χ1) is 10.5. The second kappa shape index (κ2) is 7.44. The number of hydrogen-bond acceptors (Lipinski definition) is 5. The van der Waals surface area contributed by atoms with Gasteiger partial charge in [-0.05, 0) is 19.1 Å². The molecule has 2 amide bonds. The monoisotopic (exact) mass is 306 g/mol. The number of ether oxygens (including phenoxy) is 2. The van der Waals surface area contributed by atoms with Gasteiger partial charge >= 0.3 is 18.0 Å². The summed E-state index contributed by atoms with van der Waals surface area (Å²) in [7, 11) is 0. The highest BCUT2D eigenvalue weighted by Gasteiger charge is 2.34. The molecule has 7 heteroatoms. The molecular formula is C15H18N2O5. The Labute approximate surface area is 128 Å². The van der Waals surface area contributed by atoms with E-state index < -0.39 is 24.1 Å². The molecule has 1 aromatic carbocycles. The Balaban J connectivity index is 1.64. The van der Waals surface area contributed by atoms with Crippen LogP contribution in [-0.2, 0) is 19.1 Å². The van der Waals surface area contributed by atoms with E-state index in [1.165, 1.54) is 0 Å². The van der Waals surface area contributed by atoms with Gasteiger partial charge in [0.05, 0.1) is 6.42 Å². The summed E-state index contributed by atoms with van der Waals surface area (Å²) in [5.74, 6) is -1.06. The van der Waals surface area contributed by atoms with Gasteiger partial charge in [-0.15, -0.1) is 0 Å². The summed E-state index contributed by atoms with van der Waals surface area (Å²) in [6.45, 7) is 1.86. The van der Waals surface area contributed by atoms with Gasteiger partial charge in [-0.1, -0.05) is 18.2 Å². The average Bonchev–Trinajstić information content (AvgIpc) is 2.77. The van der Waals surface area contributed by atoms with E-state index in [-0.39, 0.29) is 19.1 Å². The molecule has 1 fully saturated rings. The highest BCUT2D eigenvalue weighted by atomic mass is 16.6. The Bertz CT molecular complexity index is 546. The average molecular weight is 306 g/mol. The van der Waals surface area contributed by atoms with Crippen molar-refractivity contribution in [2.75, 3.05) is 11.9 Å². The number of carbonyl (C=O) groups is 3. The van der Waals surface area contributed by atoms with E-state index >= 15 is 0 Å². The number of urea groups is 1. The minimum Gasteiger partial charge on any atom is -0.460 e. The molecule has 0 saturated carbocycles. The number of para-hydroxylation sites is 1. The molecule has 1 aliphatic rings. The number of rotatable bonds is 5. The van der Waals surface area contributed by atoms with E-state index in [0.717, 1.165) is 0 Å². The lowest BCUT2D eigenvalue weighted by Crippen LogP contribution is -2.32. The number of nitrogens with one attached hydrogen (secondary N) is 2. The molecule has 22 heavy (non-hydrogen) atoms. The highest BCUT2D eigenvalue weighted by Crippen LogP contribution is 2.17. The molecule has 118 valence electrons. The lowest BCUT2D eigenvalue weighted by molar-refractivity contribution is -0.160. The van der Waals surface area contributed by atoms with Crippen LogP contribution in [0.15, 0.2) is 30.3 Å². The predicted molar refractivity (Wildman–Crippen MR) is 78.1 cm³/mol. The van der Waals surface area contributed by atoms with E-state index in [1.807, 2.05) is 6.07 Å². The van der Waals surface area contributed by atoms with Crippen LogP contribution in [0.4, 0.5) is 10.5 Å². The minimum atomic E-state index is -0.833. The van der Waals surface area contributed by atoms with E-state index in [4.69, 9.17) is 9.47 Å². The molecule has 2 rings (SSSR count). The Hall–Kier alpha value is -2.57. The summed E-state index contributed by atoms with van der Waals surface area (Å²) in [5.41, 5.74) is 0.658. The molecule has 1 saturated heterocycles. The molecule has 1 aromatic rings. The zero-order chi connectivity index (χ0) is 15.9. The van der Waals surface area contributed by atoms with Crippen LogP contribution >= 0.6 is 0 Å². The topological polar surface area (TPSA) is 93.7 Å². The summed E-state index contributed by atoms with van der Waals surface area (Å²) < 4.78 is 9.90. The Morgan fingerprint density at radius 3 is 2.68 bits per heavy atom. The summed E-state index contributed by atoms with van der Waals surface area (Å²) in [5, 5.41) is 5.17. The fraction of sp³-hybridized carbons (Fsp3) is 0.400. The van der Waals surface area contributed by atoms with Crippen molar-refractivity contribution in [2.24, 2.45) is 0 Å². The van der Waals surface area contributed by atoms with Gasteiger partial charge in [-0.2, -0.15) is 0 Å². The van der Waals surface area contributed by atoms with Crippen LogP contribution in [0.1, 0.15) is 19.8 Å². The molecule has 2 atom stereocenters. The third-order valence-electron chi connectivity index (χ3n) is 3.05. The van der Waals surface area contributed by atoms with Crippen LogP contribution < -0.4 is 10.6 Å². The number of anilines is 1. The van der Waals surface area contributed by atoms with Gasteiger partial charge in [0, 0.05) is 18.7 Å². The van der Waals surface area contributed by atoms with Crippen molar-refractivity contribution in [1.82, 2.24) is 5.32 Å². The lowest BCUT2D eigenvalue weighted by atomic mass is 10.2. The molecule has 2 N–H and O–H groups in total. The first-order valence-electron chi connectivity index (χ1n) is 7.04. The van der Waals surface area contributed by atoms with E-state index in [9.17, 15) is 14.4 Å². The van der Waals surface area contributed by atoms with Gasteiger partial charge in [0.2, 0.25) is 6.10 Å². The number of hydrogen-bond donors (Lipinski definition) is 2. The summed E-state index contributed by atoms with van der Waals surface area (Å²) in [6, 6.07) is 8.53. The van der Waals surface area contributed by atoms with Gasteiger partial charge in [0.25, 0.3) is 0 Å². The minimum absolute atomic E-state index is 0.0135. The van der Waals surface area contributed by atoms with Gasteiger partial charge in [0.1, 0.15) is 6.10 Å². The van der Waals surface area contributed by atoms with Gasteiger partial charge in [-0.25, -0.2) is 9.59 Å². The van der Waals surface area contributed by atoms with Gasteiger partial charge in [-0.3, -0.25) is 4.79 Å². The van der Waals surface area contributed by atoms with Crippen LogP contribution in [0.2, 0.25) is 0 Å². The summed E-state index contributed by atoms with van der Waals surface area (Å²) in [4.78, 5) is 34.5. The van der Waals surface area contributed by atoms with Crippen molar-refractivity contribution in [1.29, 1.82) is 0 Å². The lowest BCUT2D eigenvalue weighted by Gasteiger charge is -2.09. The number of esters is 2. The fourth-order valence-corrected chi connectivity index (χ4v) is 2.01. The molecular weight excluding hydrogens is 288 g/mol. The third kappa shape index (κ3) is 4.76. The summed E-state index contributed by atoms with van der Waals surface area (Å²) >= 11 is 0. The maximum Gasteiger partial charge on any atom is 0.347 e. The normalized spacial score (nSPS) is 20.1. The van der Waals surface area contributed by atoms with E-state index in [2.05, 4.69) is 10.6 Å². The van der Waals surface area contributed by atoms with Crippen molar-refractivity contribution in [2.45, 2.75) is 32.0 Å². The Kier molecular flexibility index (Phi) is 5.35. The Morgan fingerprint density at radius 2 is 2.05 bits per heavy atom. The van der Waals surface area contributed by atoms with Crippen LogP contribution in [0.3, 0.4) is 0 Å². The maximum atomic E-state index is 11.6. The number of benzene rings is 1. The van der Waals surface area contributed by atoms with Crippen LogP contribution in [0, 0.1) is 0 Å². The van der Waals surface area contributed by atoms with Gasteiger partial charge < -0.3 is 20.1 Å². The SMILES string of the molecule is C[C@H]1C[C@H](OC(=O)CCNC(=O)Nc2ccccc2)C(=O)O1. The van der Waals surface area contributed by atoms with Crippen molar-refractivity contribution < 1.29 is 23.9 Å². The molecule has 0 aliphatic carbocycles. The zero-order valence-corrected chi connectivity index (χ0v) is 12.2. The molecule has 7 nitrogen and oxygen atoms in total. The largest absolute Gasteiger partial charge is 0.460 e. The quantitative estimate of drug-likeness (QED) is 0.803. The number of amides is 2. The molecule has 0 bridgehead atoms. The smallest absolute Gasteiger partial charge is 0.347 e. The molecule has 0 unspecified atom stereocenters. The predicted octanol–water partition coefficient (Wildman–Crippen LogP) is 1.45. The van der Waals surface area contributed by atoms with Crippen molar-refractivity contribution in [3.63, 3.8) is 0 Å². The highest BCUT2D eigenvalue weighted by molar-refractivity contribution is 5.89. The van der Waals surface area contributed by atoms with Crippen molar-refractivity contribution >= 4 is 23.7 Å². The summed E-state index contributed by atoms with van der Waals surface area (Å²) in [6.07, 6.45) is -0.715. The van der Waals surface area contributed by atoms with Crippen molar-refractivity contribution in [3.05, 3.63) is 30.3 Å². The second-order valence-corrected chi connectivity index (χ2v) is 4.96. The van der Waals surface area contributed by atoms with Crippen LogP contribution in [-0.4, -0.2) is 36.7 Å². The van der Waals surface area contributed by atoms with Gasteiger partial charge in [0.15, 0.2) is 0 Å². The molecule has 0 radical (unpaired) electrons. The number of cyclic esters (lactones) is 1. The second-order valence-electron chi connectivity index (χ2n) is 4.96. The number of carbonyl (C=O) groups excluding carboxylic acids is 3. The van der Waals surface area contributed by atoms with Crippen LogP contribution in [0.25, 0.3) is 0 Å². The molecule has 0 aromatic heterocycles. The van der Waals surface area contributed by atoms with Crippen molar-refractivity contribution in [3.8, 4) is 0 Å². The fourth-order valence-electron chi connectivity index (χ4n) is 2.01. The molecule has 1 aliphatic heterocycles. The van der Waals surface area contributed by atoms with E-state index in [1.54, 1.807) is 31.2 Å². The third-order valence-corrected chi connectivity index (χ3v) is 3.05. The molecule has 0 spiro atoms. The maximum absolute atomic E-state index is 11.6. The first-order valence-corrected chi connectivity index (χ1v) is 7.04. The molecule has 1 heterocycles.